The van der Waals surface area contributed by atoms with Crippen molar-refractivity contribution in [2.75, 3.05) is 77.2 Å². The molecule has 0 saturated heterocycles. The van der Waals surface area contributed by atoms with Crippen LogP contribution in [0.1, 0.15) is 221 Å². The van der Waals surface area contributed by atoms with Gasteiger partial charge in [-0.1, -0.05) is 189 Å². The van der Waals surface area contributed by atoms with Gasteiger partial charge in [-0.15, -0.1) is 0 Å². The monoisotopic (exact) mass is 845 g/mol. The van der Waals surface area contributed by atoms with Gasteiger partial charge in [-0.05, 0) is 57.0 Å². The molecule has 0 spiro atoms. The van der Waals surface area contributed by atoms with Crippen LogP contribution >= 0.6 is 11.8 Å². The van der Waals surface area contributed by atoms with Crippen molar-refractivity contribution in [1.82, 2.24) is 9.80 Å². The molecule has 0 saturated carbocycles. The molecule has 3 unspecified atom stereocenters. The maximum absolute atomic E-state index is 10.8. The van der Waals surface area contributed by atoms with Crippen molar-refractivity contribution in [1.29, 1.82) is 0 Å². The number of nitrogens with zero attached hydrogens (tertiary/aromatic N) is 2. The number of ether oxygens (including phenoxy) is 2. The van der Waals surface area contributed by atoms with Crippen LogP contribution < -0.4 is 0 Å². The highest BCUT2D eigenvalue weighted by atomic mass is 32.2. The Hall–Kier alpha value is -0.380. The molecule has 3 atom stereocenters. The fourth-order valence-electron chi connectivity index (χ4n) is 7.79. The molecular weight excluding hydrogens is 741 g/mol. The summed E-state index contributed by atoms with van der Waals surface area (Å²) in [5.41, 5.74) is 0. The van der Waals surface area contributed by atoms with E-state index < -0.39 is 0 Å². The third-order valence-corrected chi connectivity index (χ3v) is 12.8. The quantitative estimate of drug-likeness (QED) is 0.0463. The van der Waals surface area contributed by atoms with Gasteiger partial charge in [-0.2, -0.15) is 11.8 Å². The second-order valence-corrected chi connectivity index (χ2v) is 18.4. The van der Waals surface area contributed by atoms with E-state index in [1.54, 1.807) is 0 Å². The Kier molecular flexibility index (Phi) is 52.5. The van der Waals surface area contributed by atoms with Crippen LogP contribution in [-0.2, 0) is 14.3 Å². The summed E-state index contributed by atoms with van der Waals surface area (Å²) in [4.78, 5) is 15.0. The molecule has 0 rings (SSSR count). The SMILES string of the molecule is CCCCCCCCC(CCCCCC)COC=O.CCCCCCCCC(CCCCCC)COCCSCC(O)CN(CCCCCC)CCN(CC)CCO. The van der Waals surface area contributed by atoms with Gasteiger partial charge in [-0.25, -0.2) is 0 Å². The largest absolute Gasteiger partial charge is 0.468 e. The Morgan fingerprint density at radius 2 is 0.966 bits per heavy atom. The van der Waals surface area contributed by atoms with Gasteiger partial charge in [0.05, 0.1) is 25.9 Å². The summed E-state index contributed by atoms with van der Waals surface area (Å²) in [6.45, 7) is 22.0. The summed E-state index contributed by atoms with van der Waals surface area (Å²) in [5.74, 6) is 3.06. The van der Waals surface area contributed by atoms with Gasteiger partial charge in [0.15, 0.2) is 0 Å². The first-order valence-corrected chi connectivity index (χ1v) is 26.5. The van der Waals surface area contributed by atoms with Gasteiger partial charge in [0.2, 0.25) is 0 Å². The predicted molar refractivity (Wildman–Crippen MR) is 256 cm³/mol. The third kappa shape index (κ3) is 45.2. The number of hydrogen-bond acceptors (Lipinski definition) is 8. The van der Waals surface area contributed by atoms with Crippen molar-refractivity contribution in [3.05, 3.63) is 0 Å². The van der Waals surface area contributed by atoms with E-state index in [-0.39, 0.29) is 12.7 Å². The number of aliphatic hydroxyl groups is 2. The molecule has 2 N–H and O–H groups in total. The van der Waals surface area contributed by atoms with Gasteiger partial charge >= 0.3 is 0 Å². The van der Waals surface area contributed by atoms with Crippen LogP contribution in [0, 0.1) is 11.8 Å². The fraction of sp³-hybridized carbons (Fsp3) is 0.980. The Morgan fingerprint density at radius 1 is 0.534 bits per heavy atom. The Bertz CT molecular complexity index is 766. The lowest BCUT2D eigenvalue weighted by Gasteiger charge is -2.28. The lowest BCUT2D eigenvalue weighted by atomic mass is 9.95. The summed E-state index contributed by atoms with van der Waals surface area (Å²) in [6.07, 6.45) is 36.7. The molecule has 7 nitrogen and oxygen atoms in total. The number of aliphatic hydroxyl groups excluding tert-OH is 2. The van der Waals surface area contributed by atoms with E-state index in [1.807, 2.05) is 11.8 Å². The minimum atomic E-state index is -0.298. The zero-order valence-electron chi connectivity index (χ0n) is 40.0. The third-order valence-electron chi connectivity index (χ3n) is 11.7. The molecule has 0 aromatic rings. The highest BCUT2D eigenvalue weighted by Crippen LogP contribution is 2.21. The predicted octanol–water partition coefficient (Wildman–Crippen LogP) is 13.1. The number of carbonyl (C=O) groups is 1. The zero-order valence-corrected chi connectivity index (χ0v) is 40.8. The van der Waals surface area contributed by atoms with Gasteiger partial charge < -0.3 is 24.6 Å². The fourth-order valence-corrected chi connectivity index (χ4v) is 8.57. The maximum Gasteiger partial charge on any atom is 0.293 e. The maximum atomic E-state index is 10.8. The van der Waals surface area contributed by atoms with Crippen molar-refractivity contribution in [3.63, 3.8) is 0 Å². The molecule has 0 amide bonds. The number of hydrogen-bond donors (Lipinski definition) is 2. The van der Waals surface area contributed by atoms with Crippen LogP contribution in [-0.4, -0.2) is 110 Å². The molecule has 0 radical (unpaired) electrons. The molecule has 0 aliphatic carbocycles. The molecule has 0 aliphatic heterocycles. The van der Waals surface area contributed by atoms with Gasteiger partial charge in [0.25, 0.3) is 6.47 Å². The average molecular weight is 845 g/mol. The number of rotatable bonds is 47. The lowest BCUT2D eigenvalue weighted by Crippen LogP contribution is -2.41. The second kappa shape index (κ2) is 51.0. The molecule has 350 valence electrons. The Labute approximate surface area is 367 Å². The Morgan fingerprint density at radius 3 is 1.43 bits per heavy atom. The normalized spacial score (nSPS) is 13.1. The summed E-state index contributed by atoms with van der Waals surface area (Å²) in [6, 6.07) is 0. The standard InChI is InChI=1S/C33H70N2O3S.C17H34O2/c1-5-9-12-15-16-18-21-32(20-17-13-10-6-2)30-38-27-28-39-31-33(37)29-35(22-19-14-11-7-3)24-23-34(8-4)25-26-36;1-3-5-7-9-10-12-14-17(15-19-16-18)13-11-8-6-4-2/h32-33,36-37H,5-31H2,1-4H3;16-17H,3-15H2,1-2H3. The first-order valence-electron chi connectivity index (χ1n) is 25.4. The van der Waals surface area contributed by atoms with Gasteiger partial charge in [0, 0.05) is 44.3 Å². The second-order valence-electron chi connectivity index (χ2n) is 17.3. The van der Waals surface area contributed by atoms with Gasteiger partial charge in [0.1, 0.15) is 0 Å². The number of carbonyl (C=O) groups excluding carboxylic acids is 1. The average Bonchev–Trinajstić information content (AvgIpc) is 3.23. The molecule has 0 heterocycles. The first-order chi connectivity index (χ1) is 28.4. The van der Waals surface area contributed by atoms with E-state index in [2.05, 4.69) is 51.3 Å². The molecule has 0 aromatic heterocycles. The number of likely N-dealkylation sites (N-methyl/N-ethyl adjacent to an activating group) is 1. The van der Waals surface area contributed by atoms with Crippen LogP contribution in [0.5, 0.6) is 0 Å². The first kappa shape index (κ1) is 59.7. The minimum absolute atomic E-state index is 0.213. The summed E-state index contributed by atoms with van der Waals surface area (Å²) in [5, 5.41) is 20.0. The topological polar surface area (TPSA) is 82.5 Å². The van der Waals surface area contributed by atoms with Crippen LogP contribution in [0.2, 0.25) is 0 Å². The van der Waals surface area contributed by atoms with Crippen LogP contribution in [0.4, 0.5) is 0 Å². The summed E-state index contributed by atoms with van der Waals surface area (Å²) < 4.78 is 11.1. The minimum Gasteiger partial charge on any atom is -0.468 e. The van der Waals surface area contributed by atoms with E-state index in [9.17, 15) is 15.0 Å². The van der Waals surface area contributed by atoms with E-state index in [4.69, 9.17) is 9.47 Å². The molecule has 8 heteroatoms. The lowest BCUT2D eigenvalue weighted by molar-refractivity contribution is -0.130. The molecule has 0 aliphatic rings. The van der Waals surface area contributed by atoms with Crippen molar-refractivity contribution in [2.24, 2.45) is 11.8 Å². The zero-order chi connectivity index (χ0) is 43.0. The van der Waals surface area contributed by atoms with Gasteiger partial charge in [-0.3, -0.25) is 9.69 Å². The number of thioether (sulfide) groups is 1. The number of unbranched alkanes of at least 4 members (excludes halogenated alkanes) is 19. The van der Waals surface area contributed by atoms with Crippen molar-refractivity contribution < 1.29 is 24.5 Å². The van der Waals surface area contributed by atoms with Crippen molar-refractivity contribution in [2.45, 2.75) is 227 Å². The highest BCUT2D eigenvalue weighted by molar-refractivity contribution is 7.99. The van der Waals surface area contributed by atoms with Crippen LogP contribution in [0.3, 0.4) is 0 Å². The molecule has 58 heavy (non-hydrogen) atoms. The van der Waals surface area contributed by atoms with E-state index in [0.29, 0.717) is 19.0 Å². The highest BCUT2D eigenvalue weighted by Gasteiger charge is 2.14. The summed E-state index contributed by atoms with van der Waals surface area (Å²) in [7, 11) is 0. The molecular formula is C50H104N2O5S. The van der Waals surface area contributed by atoms with Crippen LogP contribution in [0.25, 0.3) is 0 Å². The molecule has 0 aromatic carbocycles. The molecule has 0 bridgehead atoms. The van der Waals surface area contributed by atoms with Crippen molar-refractivity contribution in [3.8, 4) is 0 Å². The van der Waals surface area contributed by atoms with E-state index >= 15 is 0 Å². The van der Waals surface area contributed by atoms with E-state index in [1.165, 1.54) is 180 Å². The van der Waals surface area contributed by atoms with E-state index in [0.717, 1.165) is 69.9 Å². The summed E-state index contributed by atoms with van der Waals surface area (Å²) >= 11 is 1.83. The van der Waals surface area contributed by atoms with Crippen molar-refractivity contribution >= 4 is 18.2 Å². The smallest absolute Gasteiger partial charge is 0.293 e. The van der Waals surface area contributed by atoms with Crippen LogP contribution in [0.15, 0.2) is 0 Å². The Balaban J connectivity index is 0. The molecule has 0 fully saturated rings.